The van der Waals surface area contributed by atoms with Crippen molar-refractivity contribution in [3.63, 3.8) is 0 Å². The molecular formula is C22H23N3O2. The van der Waals surface area contributed by atoms with Crippen LogP contribution in [-0.2, 0) is 9.59 Å². The number of carbonyl (C=O) groups excluding carboxylic acids is 2. The van der Waals surface area contributed by atoms with Crippen LogP contribution in [0.4, 0.5) is 5.69 Å². The molecule has 1 aliphatic rings. The molecule has 5 nitrogen and oxygen atoms in total. The van der Waals surface area contributed by atoms with Crippen LogP contribution in [0, 0.1) is 0 Å². The number of hydrogen-bond donors (Lipinski definition) is 2. The van der Waals surface area contributed by atoms with Crippen LogP contribution in [0.15, 0.2) is 54.6 Å². The molecule has 27 heavy (non-hydrogen) atoms. The van der Waals surface area contributed by atoms with Gasteiger partial charge < -0.3 is 15.2 Å². The number of fused-ring (bicyclic) bond motifs is 1. The van der Waals surface area contributed by atoms with Gasteiger partial charge in [-0.1, -0.05) is 37.3 Å². The fraction of sp³-hybridized carbons (Fsp3) is 0.273. The highest BCUT2D eigenvalue weighted by atomic mass is 16.2. The Hall–Kier alpha value is -3.08. The third-order valence-electron chi connectivity index (χ3n) is 5.15. The van der Waals surface area contributed by atoms with E-state index in [0.29, 0.717) is 13.0 Å². The Morgan fingerprint density at radius 2 is 2.00 bits per heavy atom. The van der Waals surface area contributed by atoms with E-state index in [1.165, 1.54) is 0 Å². The zero-order chi connectivity index (χ0) is 18.8. The number of anilines is 1. The minimum Gasteiger partial charge on any atom is -0.355 e. The van der Waals surface area contributed by atoms with E-state index in [0.717, 1.165) is 40.7 Å². The van der Waals surface area contributed by atoms with Crippen LogP contribution in [0.5, 0.6) is 0 Å². The summed E-state index contributed by atoms with van der Waals surface area (Å²) in [6.07, 6.45) is 2.03. The molecule has 2 N–H and O–H groups in total. The van der Waals surface area contributed by atoms with Gasteiger partial charge in [-0.3, -0.25) is 9.59 Å². The van der Waals surface area contributed by atoms with Crippen LogP contribution in [0.1, 0.15) is 26.2 Å². The lowest BCUT2D eigenvalue weighted by atomic mass is 10.1. The molecule has 0 spiro atoms. The summed E-state index contributed by atoms with van der Waals surface area (Å²) in [5, 5.41) is 4.14. The predicted molar refractivity (Wildman–Crippen MR) is 107 cm³/mol. The second kappa shape index (κ2) is 7.27. The third kappa shape index (κ3) is 3.45. The number of aromatic nitrogens is 1. The molecule has 1 aromatic heterocycles. The first-order chi connectivity index (χ1) is 13.2. The van der Waals surface area contributed by atoms with Gasteiger partial charge in [0, 0.05) is 40.8 Å². The van der Waals surface area contributed by atoms with Crippen LogP contribution < -0.4 is 5.32 Å². The number of nitrogens with one attached hydrogen (secondary N) is 2. The number of carbonyl (C=O) groups is 2. The molecule has 0 radical (unpaired) electrons. The SMILES string of the molecule is CCC(=O)N1CCC[C@@H]1C(=O)Nc1cccc(-c2cc3ccccc3[nH]2)c1. The van der Waals surface area contributed by atoms with Crippen molar-refractivity contribution in [2.45, 2.75) is 32.2 Å². The van der Waals surface area contributed by atoms with Gasteiger partial charge in [0.1, 0.15) is 6.04 Å². The number of benzene rings is 2. The molecule has 1 saturated heterocycles. The number of para-hydroxylation sites is 1. The molecule has 5 heteroatoms. The van der Waals surface area contributed by atoms with Crippen molar-refractivity contribution in [1.29, 1.82) is 0 Å². The Labute approximate surface area is 158 Å². The number of amides is 2. The fourth-order valence-electron chi connectivity index (χ4n) is 3.76. The fourth-order valence-corrected chi connectivity index (χ4v) is 3.76. The summed E-state index contributed by atoms with van der Waals surface area (Å²) in [5.74, 6) is -0.0671. The topological polar surface area (TPSA) is 65.2 Å². The average Bonchev–Trinajstić information content (AvgIpc) is 3.34. The van der Waals surface area contributed by atoms with Gasteiger partial charge in [-0.05, 0) is 37.1 Å². The molecule has 1 aliphatic heterocycles. The van der Waals surface area contributed by atoms with Gasteiger partial charge in [-0.2, -0.15) is 0 Å². The second-order valence-corrected chi connectivity index (χ2v) is 6.94. The highest BCUT2D eigenvalue weighted by Gasteiger charge is 2.33. The molecule has 2 heterocycles. The van der Waals surface area contributed by atoms with E-state index >= 15 is 0 Å². The van der Waals surface area contributed by atoms with Gasteiger partial charge in [-0.25, -0.2) is 0 Å². The van der Waals surface area contributed by atoms with E-state index in [-0.39, 0.29) is 17.9 Å². The number of hydrogen-bond acceptors (Lipinski definition) is 2. The summed E-state index contributed by atoms with van der Waals surface area (Å²) in [7, 11) is 0. The molecule has 138 valence electrons. The number of likely N-dealkylation sites (tertiary alicyclic amines) is 1. The summed E-state index contributed by atoms with van der Waals surface area (Å²) in [5.41, 5.74) is 3.85. The smallest absolute Gasteiger partial charge is 0.247 e. The van der Waals surface area contributed by atoms with Crippen molar-refractivity contribution in [3.05, 3.63) is 54.6 Å². The van der Waals surface area contributed by atoms with Crippen molar-refractivity contribution in [2.75, 3.05) is 11.9 Å². The van der Waals surface area contributed by atoms with Gasteiger partial charge in [0.05, 0.1) is 0 Å². The molecule has 1 fully saturated rings. The van der Waals surface area contributed by atoms with Crippen molar-refractivity contribution in [1.82, 2.24) is 9.88 Å². The summed E-state index contributed by atoms with van der Waals surface area (Å²) in [6, 6.07) is 17.7. The largest absolute Gasteiger partial charge is 0.355 e. The molecular weight excluding hydrogens is 338 g/mol. The van der Waals surface area contributed by atoms with Gasteiger partial charge in [-0.15, -0.1) is 0 Å². The molecule has 2 amide bonds. The number of aromatic amines is 1. The molecule has 1 atom stereocenters. The summed E-state index contributed by atoms with van der Waals surface area (Å²) in [6.45, 7) is 2.50. The van der Waals surface area contributed by atoms with E-state index in [1.807, 2.05) is 49.4 Å². The van der Waals surface area contributed by atoms with Crippen molar-refractivity contribution >= 4 is 28.4 Å². The van der Waals surface area contributed by atoms with Crippen molar-refractivity contribution in [2.24, 2.45) is 0 Å². The Kier molecular flexibility index (Phi) is 4.67. The molecule has 3 aromatic rings. The summed E-state index contributed by atoms with van der Waals surface area (Å²) >= 11 is 0. The maximum atomic E-state index is 12.7. The molecule has 0 unspecified atom stereocenters. The van der Waals surface area contributed by atoms with Crippen LogP contribution in [-0.4, -0.2) is 34.3 Å². The van der Waals surface area contributed by atoms with Gasteiger partial charge in [0.25, 0.3) is 0 Å². The van der Waals surface area contributed by atoms with Gasteiger partial charge in [0.15, 0.2) is 0 Å². The predicted octanol–water partition coefficient (Wildman–Crippen LogP) is 4.17. The normalized spacial score (nSPS) is 16.6. The number of H-pyrrole nitrogens is 1. The highest BCUT2D eigenvalue weighted by Crippen LogP contribution is 2.27. The lowest BCUT2D eigenvalue weighted by Crippen LogP contribution is -2.42. The highest BCUT2D eigenvalue weighted by molar-refractivity contribution is 5.98. The molecule has 4 rings (SSSR count). The first-order valence-corrected chi connectivity index (χ1v) is 9.44. The lowest BCUT2D eigenvalue weighted by molar-refractivity contribution is -0.136. The lowest BCUT2D eigenvalue weighted by Gasteiger charge is -2.23. The Balaban J connectivity index is 1.54. The minimum absolute atomic E-state index is 0.0412. The quantitative estimate of drug-likeness (QED) is 0.732. The van der Waals surface area contributed by atoms with Gasteiger partial charge in [0.2, 0.25) is 11.8 Å². The Morgan fingerprint density at radius 1 is 1.15 bits per heavy atom. The summed E-state index contributed by atoms with van der Waals surface area (Å²) in [4.78, 5) is 29.9. The van der Waals surface area contributed by atoms with Crippen LogP contribution in [0.2, 0.25) is 0 Å². The van der Waals surface area contributed by atoms with E-state index in [1.54, 1.807) is 4.90 Å². The maximum absolute atomic E-state index is 12.7. The Bertz CT molecular complexity index is 959. The summed E-state index contributed by atoms with van der Waals surface area (Å²) < 4.78 is 0. The molecule has 0 bridgehead atoms. The van der Waals surface area contributed by atoms with Crippen LogP contribution in [0.25, 0.3) is 22.2 Å². The van der Waals surface area contributed by atoms with Crippen molar-refractivity contribution < 1.29 is 9.59 Å². The average molecular weight is 361 g/mol. The van der Waals surface area contributed by atoms with E-state index < -0.39 is 0 Å². The Morgan fingerprint density at radius 3 is 2.81 bits per heavy atom. The molecule has 2 aromatic carbocycles. The first-order valence-electron chi connectivity index (χ1n) is 9.44. The minimum atomic E-state index is -0.366. The third-order valence-corrected chi connectivity index (χ3v) is 5.15. The van der Waals surface area contributed by atoms with Crippen molar-refractivity contribution in [3.8, 4) is 11.3 Å². The van der Waals surface area contributed by atoms with Crippen LogP contribution >= 0.6 is 0 Å². The van der Waals surface area contributed by atoms with E-state index in [9.17, 15) is 9.59 Å². The zero-order valence-corrected chi connectivity index (χ0v) is 15.4. The molecule has 0 aliphatic carbocycles. The standard InChI is InChI=1S/C22H23N3O2/c1-2-21(26)25-12-6-11-20(25)22(27)23-17-9-5-8-15(13-17)19-14-16-7-3-4-10-18(16)24-19/h3-5,7-10,13-14,20,24H,2,6,11-12H2,1H3,(H,23,27)/t20-/m1/s1. The number of rotatable bonds is 4. The molecule has 0 saturated carbocycles. The monoisotopic (exact) mass is 361 g/mol. The van der Waals surface area contributed by atoms with E-state index in [4.69, 9.17) is 0 Å². The number of nitrogens with zero attached hydrogens (tertiary/aromatic N) is 1. The second-order valence-electron chi connectivity index (χ2n) is 6.94. The zero-order valence-electron chi connectivity index (χ0n) is 15.4. The van der Waals surface area contributed by atoms with Gasteiger partial charge >= 0.3 is 0 Å². The maximum Gasteiger partial charge on any atom is 0.247 e. The first kappa shape index (κ1) is 17.3. The van der Waals surface area contributed by atoms with Crippen LogP contribution in [0.3, 0.4) is 0 Å². The van der Waals surface area contributed by atoms with E-state index in [2.05, 4.69) is 22.4 Å².